The molecular weight excluding hydrogens is 242 g/mol. The topological polar surface area (TPSA) is 67.0 Å². The molecule has 1 heterocycles. The van der Waals surface area contributed by atoms with Crippen molar-refractivity contribution in [3.8, 4) is 0 Å². The summed E-state index contributed by atoms with van der Waals surface area (Å²) in [7, 11) is 1.45. The lowest BCUT2D eigenvalue weighted by Crippen LogP contribution is -2.25. The van der Waals surface area contributed by atoms with E-state index >= 15 is 0 Å². The number of hydrogen-bond donors (Lipinski definition) is 2. The van der Waals surface area contributed by atoms with E-state index in [4.69, 9.17) is 4.74 Å². The summed E-state index contributed by atoms with van der Waals surface area (Å²) in [6.07, 6.45) is 1.80. The van der Waals surface area contributed by atoms with E-state index in [2.05, 4.69) is 15.3 Å². The number of aromatic nitrogens is 2. The van der Waals surface area contributed by atoms with Gasteiger partial charge in [-0.25, -0.2) is 4.98 Å². The second kappa shape index (κ2) is 4.26. The molecule has 1 aliphatic rings. The number of anilines is 1. The van der Waals surface area contributed by atoms with Crippen LogP contribution in [0.3, 0.4) is 0 Å². The van der Waals surface area contributed by atoms with Gasteiger partial charge in [0.05, 0.1) is 23.6 Å². The maximum absolute atomic E-state index is 11.7. The Bertz CT molecular complexity index is 629. The standard InChI is InChI=1S/C14H17N3O2/c1-9-16-11-4-3-10(7-12(11)17-9)15-8-14(5-6-14)13(18)19-2/h3-4,7,15H,5-6,8H2,1-2H3,(H,16,17). The lowest BCUT2D eigenvalue weighted by molar-refractivity contribution is -0.146. The Kier molecular flexibility index (Phi) is 2.69. The molecule has 0 atom stereocenters. The number of carbonyl (C=O) groups is 1. The Morgan fingerprint density at radius 2 is 2.32 bits per heavy atom. The van der Waals surface area contributed by atoms with Crippen LogP contribution in [-0.2, 0) is 9.53 Å². The number of methoxy groups -OCH3 is 1. The highest BCUT2D eigenvalue weighted by Gasteiger charge is 2.50. The van der Waals surface area contributed by atoms with Crippen LogP contribution in [-0.4, -0.2) is 29.6 Å². The smallest absolute Gasteiger partial charge is 0.313 e. The molecule has 0 bridgehead atoms. The Morgan fingerprint density at radius 1 is 1.53 bits per heavy atom. The van der Waals surface area contributed by atoms with Gasteiger partial charge in [-0.15, -0.1) is 0 Å². The van der Waals surface area contributed by atoms with Crippen molar-refractivity contribution in [3.63, 3.8) is 0 Å². The van der Waals surface area contributed by atoms with Gasteiger partial charge in [0.15, 0.2) is 0 Å². The number of ether oxygens (including phenoxy) is 1. The lowest BCUT2D eigenvalue weighted by Gasteiger charge is -2.14. The Hall–Kier alpha value is -2.04. The average Bonchev–Trinajstić information content (AvgIpc) is 3.11. The first-order valence-corrected chi connectivity index (χ1v) is 6.42. The Balaban J connectivity index is 1.73. The van der Waals surface area contributed by atoms with Crippen LogP contribution in [0.1, 0.15) is 18.7 Å². The maximum Gasteiger partial charge on any atom is 0.313 e. The van der Waals surface area contributed by atoms with Crippen LogP contribution in [0.25, 0.3) is 11.0 Å². The highest BCUT2D eigenvalue weighted by atomic mass is 16.5. The van der Waals surface area contributed by atoms with Crippen molar-refractivity contribution in [2.75, 3.05) is 19.0 Å². The number of aromatic amines is 1. The molecule has 100 valence electrons. The van der Waals surface area contributed by atoms with Crippen molar-refractivity contribution in [1.82, 2.24) is 9.97 Å². The van der Waals surface area contributed by atoms with Gasteiger partial charge >= 0.3 is 5.97 Å². The van der Waals surface area contributed by atoms with Crippen LogP contribution < -0.4 is 5.32 Å². The fraction of sp³-hybridized carbons (Fsp3) is 0.429. The molecule has 0 aliphatic heterocycles. The minimum absolute atomic E-state index is 0.113. The predicted molar refractivity (Wildman–Crippen MR) is 73.0 cm³/mol. The molecule has 5 heteroatoms. The highest BCUT2D eigenvalue weighted by Crippen LogP contribution is 2.46. The summed E-state index contributed by atoms with van der Waals surface area (Å²) in [6.45, 7) is 2.56. The summed E-state index contributed by atoms with van der Waals surface area (Å²) in [4.78, 5) is 19.2. The van der Waals surface area contributed by atoms with Crippen LogP contribution in [0.4, 0.5) is 5.69 Å². The molecule has 0 saturated heterocycles. The summed E-state index contributed by atoms with van der Waals surface area (Å²) in [5.41, 5.74) is 2.64. The van der Waals surface area contributed by atoms with Crippen LogP contribution in [0.2, 0.25) is 0 Å². The van der Waals surface area contributed by atoms with Crippen molar-refractivity contribution in [1.29, 1.82) is 0 Å². The SMILES string of the molecule is COC(=O)C1(CNc2ccc3nc(C)[nH]c3c2)CC1. The second-order valence-electron chi connectivity index (χ2n) is 5.18. The normalized spacial score (nSPS) is 16.3. The van der Waals surface area contributed by atoms with Crippen LogP contribution in [0.5, 0.6) is 0 Å². The number of hydrogen-bond acceptors (Lipinski definition) is 4. The van der Waals surface area contributed by atoms with Crippen molar-refractivity contribution in [2.24, 2.45) is 5.41 Å². The third-order valence-corrected chi connectivity index (χ3v) is 3.70. The quantitative estimate of drug-likeness (QED) is 0.826. The zero-order valence-corrected chi connectivity index (χ0v) is 11.1. The van der Waals surface area contributed by atoms with Crippen LogP contribution >= 0.6 is 0 Å². The molecular formula is C14H17N3O2. The molecule has 0 spiro atoms. The average molecular weight is 259 g/mol. The first-order chi connectivity index (χ1) is 9.13. The Morgan fingerprint density at radius 3 is 3.00 bits per heavy atom. The van der Waals surface area contributed by atoms with Gasteiger partial charge in [-0.3, -0.25) is 4.79 Å². The van der Waals surface area contributed by atoms with Crippen molar-refractivity contribution >= 4 is 22.7 Å². The fourth-order valence-corrected chi connectivity index (χ4v) is 2.34. The van der Waals surface area contributed by atoms with E-state index in [9.17, 15) is 4.79 Å². The Labute approximate surface area is 111 Å². The zero-order valence-electron chi connectivity index (χ0n) is 11.1. The van der Waals surface area contributed by atoms with Gasteiger partial charge in [0.2, 0.25) is 0 Å². The second-order valence-corrected chi connectivity index (χ2v) is 5.18. The van der Waals surface area contributed by atoms with Crippen molar-refractivity contribution < 1.29 is 9.53 Å². The van der Waals surface area contributed by atoms with Gasteiger partial charge in [0, 0.05) is 12.2 Å². The summed E-state index contributed by atoms with van der Waals surface area (Å²) in [6, 6.07) is 5.97. The summed E-state index contributed by atoms with van der Waals surface area (Å²) >= 11 is 0. The molecule has 5 nitrogen and oxygen atoms in total. The van der Waals surface area contributed by atoms with E-state index in [1.165, 1.54) is 7.11 Å². The number of nitrogens with one attached hydrogen (secondary N) is 2. The first-order valence-electron chi connectivity index (χ1n) is 6.42. The molecule has 0 unspecified atom stereocenters. The third kappa shape index (κ3) is 2.16. The van der Waals surface area contributed by atoms with E-state index in [-0.39, 0.29) is 11.4 Å². The van der Waals surface area contributed by atoms with Crippen LogP contribution in [0, 0.1) is 12.3 Å². The largest absolute Gasteiger partial charge is 0.469 e. The number of fused-ring (bicyclic) bond motifs is 1. The van der Waals surface area contributed by atoms with Crippen LogP contribution in [0.15, 0.2) is 18.2 Å². The number of esters is 1. The predicted octanol–water partition coefficient (Wildman–Crippen LogP) is 2.24. The van der Waals surface area contributed by atoms with Crippen molar-refractivity contribution in [2.45, 2.75) is 19.8 Å². The van der Waals surface area contributed by atoms with E-state index in [1.54, 1.807) is 0 Å². The molecule has 1 aromatic carbocycles. The number of rotatable bonds is 4. The zero-order chi connectivity index (χ0) is 13.5. The molecule has 0 radical (unpaired) electrons. The molecule has 3 rings (SSSR count). The van der Waals surface area contributed by atoms with E-state index in [0.717, 1.165) is 35.4 Å². The number of H-pyrrole nitrogens is 1. The van der Waals surface area contributed by atoms with Gasteiger partial charge < -0.3 is 15.0 Å². The molecule has 2 N–H and O–H groups in total. The summed E-state index contributed by atoms with van der Waals surface area (Å²) < 4.78 is 4.84. The molecule has 0 amide bonds. The maximum atomic E-state index is 11.7. The first kappa shape index (κ1) is 12.0. The minimum Gasteiger partial charge on any atom is -0.469 e. The van der Waals surface area contributed by atoms with E-state index in [0.29, 0.717) is 6.54 Å². The van der Waals surface area contributed by atoms with E-state index < -0.39 is 0 Å². The number of aryl methyl sites for hydroxylation is 1. The third-order valence-electron chi connectivity index (χ3n) is 3.70. The number of imidazole rings is 1. The molecule has 1 aromatic heterocycles. The minimum atomic E-state index is -0.312. The van der Waals surface area contributed by atoms with Gasteiger partial charge in [-0.1, -0.05) is 0 Å². The fourth-order valence-electron chi connectivity index (χ4n) is 2.34. The molecule has 1 saturated carbocycles. The molecule has 19 heavy (non-hydrogen) atoms. The number of carbonyl (C=O) groups excluding carboxylic acids is 1. The summed E-state index contributed by atoms with van der Waals surface area (Å²) in [5.74, 6) is 0.791. The van der Waals surface area contributed by atoms with E-state index in [1.807, 2.05) is 25.1 Å². The van der Waals surface area contributed by atoms with Gasteiger partial charge in [0.25, 0.3) is 0 Å². The molecule has 1 fully saturated rings. The van der Waals surface area contributed by atoms with Gasteiger partial charge in [-0.2, -0.15) is 0 Å². The van der Waals surface area contributed by atoms with Crippen molar-refractivity contribution in [3.05, 3.63) is 24.0 Å². The highest BCUT2D eigenvalue weighted by molar-refractivity contribution is 5.82. The number of nitrogens with zero attached hydrogens (tertiary/aromatic N) is 1. The summed E-state index contributed by atoms with van der Waals surface area (Å²) in [5, 5.41) is 3.32. The molecule has 2 aromatic rings. The molecule has 1 aliphatic carbocycles. The van der Waals surface area contributed by atoms with Gasteiger partial charge in [-0.05, 0) is 38.0 Å². The monoisotopic (exact) mass is 259 g/mol. The number of benzene rings is 1. The lowest BCUT2D eigenvalue weighted by atomic mass is 10.1. The van der Waals surface area contributed by atoms with Gasteiger partial charge in [0.1, 0.15) is 5.82 Å².